The van der Waals surface area contributed by atoms with Gasteiger partial charge < -0.3 is 24.6 Å². The lowest BCUT2D eigenvalue weighted by atomic mass is 9.89. The molecule has 1 amide bonds. The number of piperazine rings is 1. The summed E-state index contributed by atoms with van der Waals surface area (Å²) in [6.45, 7) is 8.29. The van der Waals surface area contributed by atoms with E-state index in [4.69, 9.17) is 9.47 Å². The molecular formula is C36H53N3O6. The Kier molecular flexibility index (Phi) is 13.2. The zero-order valence-corrected chi connectivity index (χ0v) is 27.4. The predicted octanol–water partition coefficient (Wildman–Crippen LogP) is 5.37. The second-order valence-electron chi connectivity index (χ2n) is 13.2. The molecule has 9 nitrogen and oxygen atoms in total. The molecule has 2 aliphatic heterocycles. The van der Waals surface area contributed by atoms with Crippen molar-refractivity contribution in [2.45, 2.75) is 115 Å². The number of hydrogen-bond donors (Lipinski definition) is 2. The fourth-order valence-corrected chi connectivity index (χ4v) is 6.55. The third-order valence-corrected chi connectivity index (χ3v) is 9.46. The summed E-state index contributed by atoms with van der Waals surface area (Å²) in [6, 6.07) is 6.39. The van der Waals surface area contributed by atoms with E-state index in [0.717, 1.165) is 24.4 Å². The minimum atomic E-state index is -1.44. The first-order chi connectivity index (χ1) is 21.6. The van der Waals surface area contributed by atoms with Crippen molar-refractivity contribution >= 4 is 12.1 Å². The molecule has 0 spiro atoms. The Balaban J connectivity index is 1.44. The Hall–Kier alpha value is -3.01. The van der Waals surface area contributed by atoms with Crippen LogP contribution < -0.4 is 0 Å². The highest BCUT2D eigenvalue weighted by atomic mass is 16.6. The lowest BCUT2D eigenvalue weighted by Crippen LogP contribution is -2.53. The Morgan fingerprint density at radius 3 is 2.53 bits per heavy atom. The molecule has 1 aromatic rings. The van der Waals surface area contributed by atoms with Gasteiger partial charge in [0.2, 0.25) is 0 Å². The molecule has 1 aromatic heterocycles. The van der Waals surface area contributed by atoms with E-state index in [1.165, 1.54) is 38.5 Å². The van der Waals surface area contributed by atoms with E-state index in [-0.39, 0.29) is 25.2 Å². The van der Waals surface area contributed by atoms with Gasteiger partial charge in [-0.1, -0.05) is 63.0 Å². The van der Waals surface area contributed by atoms with Crippen LogP contribution in [-0.4, -0.2) is 93.2 Å². The Morgan fingerprint density at radius 1 is 1.11 bits per heavy atom. The molecule has 1 aliphatic carbocycles. The summed E-state index contributed by atoms with van der Waals surface area (Å²) in [5.74, 6) is -0.782. The van der Waals surface area contributed by atoms with Crippen LogP contribution in [0.4, 0.5) is 4.79 Å². The molecule has 5 atom stereocenters. The van der Waals surface area contributed by atoms with Gasteiger partial charge in [0, 0.05) is 56.5 Å². The van der Waals surface area contributed by atoms with Gasteiger partial charge in [0.25, 0.3) is 0 Å². The van der Waals surface area contributed by atoms with E-state index in [1.54, 1.807) is 24.1 Å². The molecule has 248 valence electrons. The van der Waals surface area contributed by atoms with E-state index < -0.39 is 36.0 Å². The third-order valence-electron chi connectivity index (χ3n) is 9.46. The van der Waals surface area contributed by atoms with Gasteiger partial charge >= 0.3 is 12.1 Å². The lowest BCUT2D eigenvalue weighted by molar-refractivity contribution is -0.151. The maximum absolute atomic E-state index is 13.4. The summed E-state index contributed by atoms with van der Waals surface area (Å²) in [4.78, 5) is 34.7. The fraction of sp³-hybridized carbons (Fsp3) is 0.639. The number of aliphatic hydroxyl groups excluding tert-OH is 1. The largest absolute Gasteiger partial charge is 0.457 e. The number of pyridine rings is 1. The molecule has 45 heavy (non-hydrogen) atoms. The number of esters is 1. The highest BCUT2D eigenvalue weighted by Gasteiger charge is 2.37. The number of aromatic nitrogens is 1. The third kappa shape index (κ3) is 10.8. The number of ether oxygens (including phenoxy) is 2. The van der Waals surface area contributed by atoms with Crippen LogP contribution in [0.25, 0.3) is 0 Å². The summed E-state index contributed by atoms with van der Waals surface area (Å²) >= 11 is 0. The van der Waals surface area contributed by atoms with Crippen molar-refractivity contribution in [3.05, 3.63) is 66.0 Å². The van der Waals surface area contributed by atoms with Gasteiger partial charge in [0.1, 0.15) is 11.7 Å². The van der Waals surface area contributed by atoms with E-state index in [9.17, 15) is 19.8 Å². The molecule has 9 heteroatoms. The molecule has 1 saturated heterocycles. The quantitative estimate of drug-likeness (QED) is 0.188. The van der Waals surface area contributed by atoms with Crippen LogP contribution in [0.15, 0.2) is 60.3 Å². The minimum absolute atomic E-state index is 0.150. The van der Waals surface area contributed by atoms with Crippen LogP contribution in [0, 0.1) is 5.92 Å². The number of aliphatic hydroxyl groups is 2. The number of amides is 1. The van der Waals surface area contributed by atoms with Crippen LogP contribution in [0.5, 0.6) is 0 Å². The molecule has 0 aromatic carbocycles. The van der Waals surface area contributed by atoms with E-state index in [0.29, 0.717) is 25.6 Å². The second kappa shape index (κ2) is 17.1. The number of rotatable bonds is 6. The average Bonchev–Trinajstić information content (AvgIpc) is 3.32. The van der Waals surface area contributed by atoms with Crippen LogP contribution >= 0.6 is 0 Å². The first-order valence-electron chi connectivity index (χ1n) is 16.8. The maximum atomic E-state index is 13.4. The van der Waals surface area contributed by atoms with Crippen molar-refractivity contribution in [1.29, 1.82) is 0 Å². The van der Waals surface area contributed by atoms with Gasteiger partial charge in [0.15, 0.2) is 6.10 Å². The predicted molar refractivity (Wildman–Crippen MR) is 174 cm³/mol. The van der Waals surface area contributed by atoms with Crippen molar-refractivity contribution in [2.24, 2.45) is 5.92 Å². The van der Waals surface area contributed by atoms with Gasteiger partial charge in [-0.2, -0.15) is 0 Å². The summed E-state index contributed by atoms with van der Waals surface area (Å²) in [5.41, 5.74) is 0.347. The smallest absolute Gasteiger partial charge is 0.410 e. The highest BCUT2D eigenvalue weighted by Crippen LogP contribution is 2.28. The van der Waals surface area contributed by atoms with Gasteiger partial charge in [0.05, 0.1) is 12.5 Å². The molecule has 1 saturated carbocycles. The Labute approximate surface area is 269 Å². The van der Waals surface area contributed by atoms with E-state index in [2.05, 4.69) is 9.88 Å². The van der Waals surface area contributed by atoms with E-state index >= 15 is 0 Å². The number of hydrogen-bond acceptors (Lipinski definition) is 8. The van der Waals surface area contributed by atoms with Crippen molar-refractivity contribution in [3.8, 4) is 0 Å². The van der Waals surface area contributed by atoms with Gasteiger partial charge in [-0.05, 0) is 63.3 Å². The standard InChI is InChI=1S/C36H53N3O6/c1-27(12-8-9-13-29-14-10-11-21-37-29)34-28(2)17-18-32(36(3,43)20-19-31(40)26-33(41)45-34)44-35(42)39-24-22-38(23-25-39)30-15-6-4-5-7-16-30/h8-12,14,17-18,21,28,30-32,34,40,43H,4-7,13,15-16,19-20,22-26H2,1-3H3/b9-8+,18-17+,27-12+/t28-,31+,32-,34+,36+/m0/s1. The van der Waals surface area contributed by atoms with Crippen molar-refractivity contribution < 1.29 is 29.3 Å². The number of allylic oxidation sites excluding steroid dienone is 3. The molecule has 0 radical (unpaired) electrons. The fourth-order valence-electron chi connectivity index (χ4n) is 6.55. The summed E-state index contributed by atoms with van der Waals surface area (Å²) in [5, 5.41) is 22.1. The summed E-state index contributed by atoms with van der Waals surface area (Å²) in [7, 11) is 0. The topological polar surface area (TPSA) is 112 Å². The van der Waals surface area contributed by atoms with Crippen LogP contribution in [0.3, 0.4) is 0 Å². The van der Waals surface area contributed by atoms with E-state index in [1.807, 2.05) is 56.4 Å². The maximum Gasteiger partial charge on any atom is 0.410 e. The zero-order chi connectivity index (χ0) is 32.2. The summed E-state index contributed by atoms with van der Waals surface area (Å²) in [6.07, 6.45) is 16.7. The Bertz CT molecular complexity index is 1170. The minimum Gasteiger partial charge on any atom is -0.457 e. The van der Waals surface area contributed by atoms with Crippen molar-refractivity contribution in [1.82, 2.24) is 14.8 Å². The summed E-state index contributed by atoms with van der Waals surface area (Å²) < 4.78 is 11.8. The van der Waals surface area contributed by atoms with Gasteiger partial charge in [-0.15, -0.1) is 0 Å². The second-order valence-corrected chi connectivity index (χ2v) is 13.2. The van der Waals surface area contributed by atoms with Gasteiger partial charge in [-0.3, -0.25) is 14.7 Å². The molecule has 4 rings (SSSR count). The van der Waals surface area contributed by atoms with Crippen molar-refractivity contribution in [3.63, 3.8) is 0 Å². The first kappa shape index (κ1) is 34.9. The van der Waals surface area contributed by atoms with Crippen LogP contribution in [-0.2, 0) is 20.7 Å². The molecular weight excluding hydrogens is 570 g/mol. The molecule has 2 fully saturated rings. The number of nitrogens with zero attached hydrogens (tertiary/aromatic N) is 3. The Morgan fingerprint density at radius 2 is 1.84 bits per heavy atom. The number of cyclic esters (lactones) is 1. The van der Waals surface area contributed by atoms with Crippen molar-refractivity contribution in [2.75, 3.05) is 26.2 Å². The SMILES string of the molecule is C/C(=C\C=C\Cc1ccccn1)[C@H]1OC(=O)C[C@H](O)CC[C@@](C)(O)[C@@H](OC(=O)N2CCN(C3CCCCCC3)CC2)/C=C/[C@@H]1C. The zero-order valence-electron chi connectivity index (χ0n) is 27.4. The molecule has 3 aliphatic rings. The van der Waals surface area contributed by atoms with Crippen LogP contribution in [0.1, 0.15) is 84.3 Å². The molecule has 0 bridgehead atoms. The number of carbonyl (C=O) groups is 2. The highest BCUT2D eigenvalue weighted by molar-refractivity contribution is 5.70. The average molecular weight is 624 g/mol. The van der Waals surface area contributed by atoms with Gasteiger partial charge in [-0.25, -0.2) is 4.79 Å². The lowest BCUT2D eigenvalue weighted by Gasteiger charge is -2.40. The molecule has 2 N–H and O–H groups in total. The molecule has 3 heterocycles. The van der Waals surface area contributed by atoms with Crippen LogP contribution in [0.2, 0.25) is 0 Å². The first-order valence-corrected chi connectivity index (χ1v) is 16.8. The number of carbonyl (C=O) groups excluding carboxylic acids is 2. The normalized spacial score (nSPS) is 31.0. The monoisotopic (exact) mass is 623 g/mol. The molecule has 0 unspecified atom stereocenters.